The maximum absolute atomic E-state index is 12.5. The third kappa shape index (κ3) is 4.43. The molecule has 0 aliphatic rings. The number of rotatable bonds is 5. The van der Waals surface area contributed by atoms with E-state index in [1.54, 1.807) is 13.0 Å². The smallest absolute Gasteiger partial charge is 0.253 e. The van der Waals surface area contributed by atoms with E-state index in [0.717, 1.165) is 28.1 Å². The average molecular weight is 373 g/mol. The minimum Gasteiger partial charge on any atom is -0.343 e. The van der Waals surface area contributed by atoms with Crippen molar-refractivity contribution < 1.29 is 9.59 Å². The second-order valence-corrected chi connectivity index (χ2v) is 6.69. The van der Waals surface area contributed by atoms with Crippen LogP contribution in [-0.4, -0.2) is 23.3 Å². The molecule has 2 amide bonds. The van der Waals surface area contributed by atoms with Gasteiger partial charge in [-0.15, -0.1) is 0 Å². The lowest BCUT2D eigenvalue weighted by Gasteiger charge is -2.12. The van der Waals surface area contributed by atoms with Crippen LogP contribution in [0.1, 0.15) is 27.2 Å². The van der Waals surface area contributed by atoms with Crippen molar-refractivity contribution in [3.05, 3.63) is 83.0 Å². The molecule has 2 aromatic carbocycles. The SMILES string of the molecule is Cc1cccc(C)c1NC(=O)CNC(=O)c1ccc(-c2ccccc2)nc1C. The fraction of sp³-hybridized carbons (Fsp3) is 0.174. The maximum atomic E-state index is 12.5. The number of benzene rings is 2. The standard InChI is InChI=1S/C23H23N3O2/c1-15-8-7-9-16(2)22(15)26-21(27)14-24-23(28)19-12-13-20(25-17(19)3)18-10-5-4-6-11-18/h4-13H,14H2,1-3H3,(H,24,28)(H,26,27). The highest BCUT2D eigenvalue weighted by Crippen LogP contribution is 2.20. The van der Waals surface area contributed by atoms with Crippen molar-refractivity contribution >= 4 is 17.5 Å². The third-order valence-corrected chi connectivity index (χ3v) is 4.56. The Labute approximate surface area is 164 Å². The molecule has 0 saturated carbocycles. The van der Waals surface area contributed by atoms with Crippen LogP contribution in [0, 0.1) is 20.8 Å². The number of pyridine rings is 1. The van der Waals surface area contributed by atoms with E-state index >= 15 is 0 Å². The monoisotopic (exact) mass is 373 g/mol. The number of hydrogen-bond acceptors (Lipinski definition) is 3. The molecule has 0 atom stereocenters. The lowest BCUT2D eigenvalue weighted by Crippen LogP contribution is -2.33. The second-order valence-electron chi connectivity index (χ2n) is 6.69. The summed E-state index contributed by atoms with van der Waals surface area (Å²) in [6.45, 7) is 5.56. The van der Waals surface area contributed by atoms with Gasteiger partial charge in [-0.25, -0.2) is 0 Å². The van der Waals surface area contributed by atoms with Crippen molar-refractivity contribution in [3.63, 3.8) is 0 Å². The zero-order valence-corrected chi connectivity index (χ0v) is 16.2. The van der Waals surface area contributed by atoms with Crippen LogP contribution in [0.15, 0.2) is 60.7 Å². The molecule has 0 fully saturated rings. The van der Waals surface area contributed by atoms with Gasteiger partial charge < -0.3 is 10.6 Å². The van der Waals surface area contributed by atoms with E-state index in [1.807, 2.05) is 68.4 Å². The maximum Gasteiger partial charge on any atom is 0.253 e. The van der Waals surface area contributed by atoms with Crippen LogP contribution in [0.5, 0.6) is 0 Å². The van der Waals surface area contributed by atoms with E-state index in [9.17, 15) is 9.59 Å². The fourth-order valence-electron chi connectivity index (χ4n) is 3.02. The minimum atomic E-state index is -0.318. The molecule has 3 rings (SSSR count). The summed E-state index contributed by atoms with van der Waals surface area (Å²) >= 11 is 0. The van der Waals surface area contributed by atoms with E-state index in [1.165, 1.54) is 0 Å². The molecule has 0 saturated heterocycles. The Morgan fingerprint density at radius 3 is 2.18 bits per heavy atom. The first-order valence-corrected chi connectivity index (χ1v) is 9.13. The number of carbonyl (C=O) groups is 2. The summed E-state index contributed by atoms with van der Waals surface area (Å²) in [5.74, 6) is -0.585. The summed E-state index contributed by atoms with van der Waals surface area (Å²) in [6.07, 6.45) is 0. The summed E-state index contributed by atoms with van der Waals surface area (Å²) in [6, 6.07) is 19.1. The molecular weight excluding hydrogens is 350 g/mol. The van der Waals surface area contributed by atoms with Crippen LogP contribution in [0.3, 0.4) is 0 Å². The molecule has 142 valence electrons. The number of nitrogens with one attached hydrogen (secondary N) is 2. The highest BCUT2D eigenvalue weighted by molar-refractivity contribution is 6.00. The molecule has 3 aromatic rings. The summed E-state index contributed by atoms with van der Waals surface area (Å²) in [5.41, 5.74) is 5.63. The Bertz CT molecular complexity index is 993. The lowest BCUT2D eigenvalue weighted by molar-refractivity contribution is -0.115. The van der Waals surface area contributed by atoms with Gasteiger partial charge in [-0.3, -0.25) is 14.6 Å². The molecule has 0 radical (unpaired) electrons. The molecule has 0 unspecified atom stereocenters. The third-order valence-electron chi connectivity index (χ3n) is 4.56. The van der Waals surface area contributed by atoms with Crippen molar-refractivity contribution in [1.29, 1.82) is 0 Å². The first-order chi connectivity index (χ1) is 13.5. The topological polar surface area (TPSA) is 71.1 Å². The molecular formula is C23H23N3O2. The zero-order valence-electron chi connectivity index (χ0n) is 16.2. The largest absolute Gasteiger partial charge is 0.343 e. The van der Waals surface area contributed by atoms with E-state index in [4.69, 9.17) is 0 Å². The van der Waals surface area contributed by atoms with Crippen LogP contribution >= 0.6 is 0 Å². The zero-order chi connectivity index (χ0) is 20.1. The first-order valence-electron chi connectivity index (χ1n) is 9.13. The number of anilines is 1. The van der Waals surface area contributed by atoms with Crippen molar-refractivity contribution in [2.75, 3.05) is 11.9 Å². The number of aryl methyl sites for hydroxylation is 3. The van der Waals surface area contributed by atoms with Gasteiger partial charge in [-0.1, -0.05) is 48.5 Å². The summed E-state index contributed by atoms with van der Waals surface area (Å²) < 4.78 is 0. The lowest BCUT2D eigenvalue weighted by atomic mass is 10.1. The predicted molar refractivity (Wildman–Crippen MR) is 111 cm³/mol. The molecule has 1 aromatic heterocycles. The van der Waals surface area contributed by atoms with Crippen LogP contribution < -0.4 is 10.6 Å². The molecule has 2 N–H and O–H groups in total. The van der Waals surface area contributed by atoms with Gasteiger partial charge in [0.05, 0.1) is 23.5 Å². The molecule has 28 heavy (non-hydrogen) atoms. The quantitative estimate of drug-likeness (QED) is 0.709. The predicted octanol–water partition coefficient (Wildman–Crippen LogP) is 4.04. The molecule has 0 bridgehead atoms. The van der Waals surface area contributed by atoms with Crippen molar-refractivity contribution in [1.82, 2.24) is 10.3 Å². The van der Waals surface area contributed by atoms with Crippen LogP contribution in [-0.2, 0) is 4.79 Å². The second kappa shape index (κ2) is 8.48. The van der Waals surface area contributed by atoms with Crippen LogP contribution in [0.2, 0.25) is 0 Å². The highest BCUT2D eigenvalue weighted by atomic mass is 16.2. The van der Waals surface area contributed by atoms with E-state index in [-0.39, 0.29) is 18.4 Å². The Hall–Kier alpha value is -3.47. The van der Waals surface area contributed by atoms with Gasteiger partial charge in [-0.05, 0) is 44.0 Å². The van der Waals surface area contributed by atoms with Gasteiger partial charge in [0.15, 0.2) is 0 Å². The van der Waals surface area contributed by atoms with Gasteiger partial charge in [-0.2, -0.15) is 0 Å². The van der Waals surface area contributed by atoms with Crippen molar-refractivity contribution in [2.45, 2.75) is 20.8 Å². The number of hydrogen-bond donors (Lipinski definition) is 2. The first kappa shape index (κ1) is 19.3. The molecule has 0 aliphatic heterocycles. The average Bonchev–Trinajstić information content (AvgIpc) is 2.69. The minimum absolute atomic E-state index is 0.105. The molecule has 0 aliphatic carbocycles. The Morgan fingerprint density at radius 2 is 1.54 bits per heavy atom. The summed E-state index contributed by atoms with van der Waals surface area (Å²) in [7, 11) is 0. The van der Waals surface area contributed by atoms with Crippen molar-refractivity contribution in [3.8, 4) is 11.3 Å². The summed E-state index contributed by atoms with van der Waals surface area (Å²) in [4.78, 5) is 29.2. The van der Waals surface area contributed by atoms with E-state index in [0.29, 0.717) is 11.3 Å². The van der Waals surface area contributed by atoms with Crippen molar-refractivity contribution in [2.24, 2.45) is 0 Å². The van der Waals surface area contributed by atoms with E-state index < -0.39 is 0 Å². The number of aromatic nitrogens is 1. The fourth-order valence-corrected chi connectivity index (χ4v) is 3.02. The Morgan fingerprint density at radius 1 is 0.857 bits per heavy atom. The summed E-state index contributed by atoms with van der Waals surface area (Å²) in [5, 5.41) is 5.53. The van der Waals surface area contributed by atoms with Gasteiger partial charge in [0.2, 0.25) is 5.91 Å². The molecule has 0 spiro atoms. The number of amides is 2. The molecule has 1 heterocycles. The van der Waals surface area contributed by atoms with Crippen LogP contribution in [0.4, 0.5) is 5.69 Å². The van der Waals surface area contributed by atoms with Gasteiger partial charge >= 0.3 is 0 Å². The van der Waals surface area contributed by atoms with E-state index in [2.05, 4.69) is 15.6 Å². The van der Waals surface area contributed by atoms with Gasteiger partial charge in [0.25, 0.3) is 5.91 Å². The van der Waals surface area contributed by atoms with Crippen LogP contribution in [0.25, 0.3) is 11.3 Å². The number of carbonyl (C=O) groups excluding carboxylic acids is 2. The highest BCUT2D eigenvalue weighted by Gasteiger charge is 2.13. The molecule has 5 nitrogen and oxygen atoms in total. The van der Waals surface area contributed by atoms with Gasteiger partial charge in [0.1, 0.15) is 0 Å². The number of para-hydroxylation sites is 1. The Kier molecular flexibility index (Phi) is 5.84. The number of nitrogens with zero attached hydrogens (tertiary/aromatic N) is 1. The molecule has 5 heteroatoms. The normalized spacial score (nSPS) is 10.4. The Balaban J connectivity index is 1.64. The van der Waals surface area contributed by atoms with Gasteiger partial charge in [0, 0.05) is 11.3 Å².